The van der Waals surface area contributed by atoms with E-state index in [1.807, 2.05) is 0 Å². The molecule has 2 aliphatic rings. The first kappa shape index (κ1) is 11.1. The number of hydrogen-bond acceptors (Lipinski definition) is 3. The van der Waals surface area contributed by atoms with E-state index < -0.39 is 0 Å². The number of anilines is 1. The molecule has 1 aromatic rings. The normalized spacial score (nSPS) is 28.8. The summed E-state index contributed by atoms with van der Waals surface area (Å²) >= 11 is 13.5. The summed E-state index contributed by atoms with van der Waals surface area (Å²) < 4.78 is 0. The zero-order chi connectivity index (χ0) is 11.1. The van der Waals surface area contributed by atoms with Gasteiger partial charge < -0.3 is 4.90 Å². The summed E-state index contributed by atoms with van der Waals surface area (Å²) in [7, 11) is 0. The second-order valence-corrected chi connectivity index (χ2v) is 6.39. The van der Waals surface area contributed by atoms with Crippen LogP contribution in [0, 0.1) is 11.8 Å². The van der Waals surface area contributed by atoms with Gasteiger partial charge in [-0.15, -0.1) is 11.6 Å². The van der Waals surface area contributed by atoms with Crippen molar-refractivity contribution in [2.45, 2.75) is 25.1 Å². The Bertz CT molecular complexity index is 381. The molecule has 0 bridgehead atoms. The van der Waals surface area contributed by atoms with E-state index in [1.54, 1.807) is 11.3 Å². The summed E-state index contributed by atoms with van der Waals surface area (Å²) in [5.41, 5.74) is 0. The fraction of sp³-hybridized carbons (Fsp3) is 0.727. The average molecular weight is 277 g/mol. The number of fused-ring (bicyclic) bond motifs is 1. The van der Waals surface area contributed by atoms with Gasteiger partial charge in [-0.2, -0.15) is 0 Å². The van der Waals surface area contributed by atoms with E-state index in [4.69, 9.17) is 23.2 Å². The maximum Gasteiger partial charge on any atom is 0.187 e. The molecule has 3 rings (SSSR count). The van der Waals surface area contributed by atoms with Crippen LogP contribution in [0.3, 0.4) is 0 Å². The zero-order valence-electron chi connectivity index (χ0n) is 8.96. The summed E-state index contributed by atoms with van der Waals surface area (Å²) in [6.45, 7) is 2.33. The van der Waals surface area contributed by atoms with Crippen molar-refractivity contribution in [1.29, 1.82) is 0 Å². The topological polar surface area (TPSA) is 16.1 Å². The molecule has 2 fully saturated rings. The minimum absolute atomic E-state index is 0.469. The number of halogens is 2. The van der Waals surface area contributed by atoms with Gasteiger partial charge in [0, 0.05) is 13.1 Å². The Kier molecular flexibility index (Phi) is 3.03. The van der Waals surface area contributed by atoms with E-state index in [9.17, 15) is 0 Å². The Morgan fingerprint density at radius 3 is 2.56 bits per heavy atom. The van der Waals surface area contributed by atoms with E-state index in [0.717, 1.165) is 34.9 Å². The number of hydrogen-bond donors (Lipinski definition) is 0. The molecule has 5 heteroatoms. The van der Waals surface area contributed by atoms with Crippen LogP contribution in [0.2, 0.25) is 5.15 Å². The molecule has 1 aliphatic heterocycles. The second kappa shape index (κ2) is 4.35. The van der Waals surface area contributed by atoms with E-state index in [0.29, 0.717) is 11.0 Å². The molecule has 0 aromatic carbocycles. The van der Waals surface area contributed by atoms with Gasteiger partial charge in [0.1, 0.15) is 5.15 Å². The molecule has 0 spiro atoms. The van der Waals surface area contributed by atoms with Gasteiger partial charge in [0.15, 0.2) is 5.13 Å². The molecule has 2 heterocycles. The Morgan fingerprint density at radius 1 is 1.31 bits per heavy atom. The third kappa shape index (κ3) is 1.83. The summed E-state index contributed by atoms with van der Waals surface area (Å²) in [6.07, 6.45) is 4.19. The Morgan fingerprint density at radius 2 is 2.00 bits per heavy atom. The van der Waals surface area contributed by atoms with Gasteiger partial charge in [-0.3, -0.25) is 0 Å². The molecule has 2 atom stereocenters. The van der Waals surface area contributed by atoms with Gasteiger partial charge in [0.05, 0.1) is 10.8 Å². The molecule has 88 valence electrons. The molecule has 0 N–H and O–H groups in total. The molecular formula is C11H14Cl2N2S. The lowest BCUT2D eigenvalue weighted by Gasteiger charge is -2.15. The summed E-state index contributed by atoms with van der Waals surface area (Å²) in [4.78, 5) is 7.80. The number of nitrogens with zero attached hydrogens (tertiary/aromatic N) is 2. The van der Waals surface area contributed by atoms with Gasteiger partial charge in [-0.05, 0) is 24.7 Å². The van der Waals surface area contributed by atoms with Crippen molar-refractivity contribution in [2.24, 2.45) is 11.8 Å². The van der Waals surface area contributed by atoms with Gasteiger partial charge >= 0.3 is 0 Å². The Hall–Kier alpha value is 0.01000. The van der Waals surface area contributed by atoms with Crippen LogP contribution in [-0.4, -0.2) is 18.1 Å². The molecule has 1 saturated carbocycles. The van der Waals surface area contributed by atoms with Crippen LogP contribution >= 0.6 is 34.5 Å². The molecule has 16 heavy (non-hydrogen) atoms. The van der Waals surface area contributed by atoms with Crippen LogP contribution < -0.4 is 4.90 Å². The largest absolute Gasteiger partial charge is 0.347 e. The minimum atomic E-state index is 0.469. The Labute approximate surface area is 110 Å². The lowest BCUT2D eigenvalue weighted by atomic mass is 10.0. The lowest BCUT2D eigenvalue weighted by molar-refractivity contribution is 0.494. The molecule has 1 aliphatic carbocycles. The van der Waals surface area contributed by atoms with Crippen molar-refractivity contribution < 1.29 is 0 Å². The van der Waals surface area contributed by atoms with Crippen LogP contribution in [0.5, 0.6) is 0 Å². The first-order valence-corrected chi connectivity index (χ1v) is 7.47. The van der Waals surface area contributed by atoms with Gasteiger partial charge in [-0.25, -0.2) is 4.98 Å². The third-order valence-electron chi connectivity index (χ3n) is 3.76. The molecule has 0 amide bonds. The fourth-order valence-corrected chi connectivity index (χ4v) is 4.42. The van der Waals surface area contributed by atoms with E-state index >= 15 is 0 Å². The smallest absolute Gasteiger partial charge is 0.187 e. The number of rotatable bonds is 2. The van der Waals surface area contributed by atoms with Crippen LogP contribution in [0.25, 0.3) is 0 Å². The maximum absolute atomic E-state index is 6.03. The van der Waals surface area contributed by atoms with E-state index in [2.05, 4.69) is 9.88 Å². The van der Waals surface area contributed by atoms with Crippen LogP contribution in [0.1, 0.15) is 24.1 Å². The van der Waals surface area contributed by atoms with Gasteiger partial charge in [-0.1, -0.05) is 29.4 Å². The first-order chi connectivity index (χ1) is 7.78. The average Bonchev–Trinajstić information content (AvgIpc) is 2.88. The molecule has 1 saturated heterocycles. The van der Waals surface area contributed by atoms with Crippen molar-refractivity contribution in [3.63, 3.8) is 0 Å². The highest BCUT2D eigenvalue weighted by Gasteiger charge is 2.37. The molecule has 2 unspecified atom stereocenters. The molecule has 2 nitrogen and oxygen atoms in total. The summed E-state index contributed by atoms with van der Waals surface area (Å²) in [5, 5.41) is 1.65. The quantitative estimate of drug-likeness (QED) is 0.765. The highest BCUT2D eigenvalue weighted by molar-refractivity contribution is 7.16. The monoisotopic (exact) mass is 276 g/mol. The van der Waals surface area contributed by atoms with Crippen LogP contribution in [0.15, 0.2) is 0 Å². The molecule has 0 radical (unpaired) electrons. The first-order valence-electron chi connectivity index (χ1n) is 5.74. The number of alkyl halides is 1. The lowest BCUT2D eigenvalue weighted by Crippen LogP contribution is -2.20. The van der Waals surface area contributed by atoms with Crippen molar-refractivity contribution in [3.8, 4) is 0 Å². The highest BCUT2D eigenvalue weighted by atomic mass is 35.5. The second-order valence-electron chi connectivity index (χ2n) is 4.70. The summed E-state index contributed by atoms with van der Waals surface area (Å²) in [6, 6.07) is 0. The number of aromatic nitrogens is 1. The van der Waals surface area contributed by atoms with Crippen molar-refractivity contribution in [1.82, 2.24) is 4.98 Å². The SMILES string of the molecule is ClCc1sc(N2CC3CCCC3C2)nc1Cl. The Balaban J connectivity index is 1.78. The predicted molar refractivity (Wildman–Crippen MR) is 69.7 cm³/mol. The number of thiazole rings is 1. The predicted octanol–water partition coefficient (Wildman–Crippen LogP) is 3.77. The van der Waals surface area contributed by atoms with Crippen molar-refractivity contribution >= 4 is 39.7 Å². The van der Waals surface area contributed by atoms with Gasteiger partial charge in [0.2, 0.25) is 0 Å². The van der Waals surface area contributed by atoms with Crippen molar-refractivity contribution in [2.75, 3.05) is 18.0 Å². The van der Waals surface area contributed by atoms with E-state index in [1.165, 1.54) is 19.3 Å². The standard InChI is InChI=1S/C11H14Cl2N2S/c12-4-9-10(13)14-11(16-9)15-5-7-2-1-3-8(7)6-15/h7-8H,1-6H2. The zero-order valence-corrected chi connectivity index (χ0v) is 11.3. The van der Waals surface area contributed by atoms with Crippen LogP contribution in [-0.2, 0) is 5.88 Å². The fourth-order valence-electron chi connectivity index (χ4n) is 2.93. The maximum atomic E-state index is 6.03. The summed E-state index contributed by atoms with van der Waals surface area (Å²) in [5.74, 6) is 2.25. The minimum Gasteiger partial charge on any atom is -0.347 e. The van der Waals surface area contributed by atoms with Gasteiger partial charge in [0.25, 0.3) is 0 Å². The molecular weight excluding hydrogens is 263 g/mol. The highest BCUT2D eigenvalue weighted by Crippen LogP contribution is 2.41. The van der Waals surface area contributed by atoms with Crippen molar-refractivity contribution in [3.05, 3.63) is 10.0 Å². The van der Waals surface area contributed by atoms with Crippen LogP contribution in [0.4, 0.5) is 5.13 Å². The van der Waals surface area contributed by atoms with E-state index in [-0.39, 0.29) is 0 Å². The third-order valence-corrected chi connectivity index (χ3v) is 5.72. The molecule has 1 aromatic heterocycles.